The van der Waals surface area contributed by atoms with E-state index in [1.165, 1.54) is 17.7 Å². The Morgan fingerprint density at radius 3 is 2.91 bits per heavy atom. The molecule has 0 amide bonds. The summed E-state index contributed by atoms with van der Waals surface area (Å²) in [5.74, 6) is 1.28. The molecule has 118 valence electrons. The predicted molar refractivity (Wildman–Crippen MR) is 91.4 cm³/mol. The van der Waals surface area contributed by atoms with Crippen LogP contribution in [0.1, 0.15) is 29.7 Å². The standard InChI is InChI=1S/C17H16ClN3OS/c18-13-7-5-12(6-8-13)17-19-16(22-20-17)11-21-9-1-3-14(21)15-4-2-10-23-15/h2,4-8,10,14H,1,3,9,11H2. The SMILES string of the molecule is Clc1ccc(-c2noc(CN3CCCC3c3cccs3)n2)cc1. The first kappa shape index (κ1) is 14.9. The van der Waals surface area contributed by atoms with Gasteiger partial charge >= 0.3 is 0 Å². The van der Waals surface area contributed by atoms with Crippen LogP contribution in [-0.2, 0) is 6.54 Å². The van der Waals surface area contributed by atoms with Gasteiger partial charge in [-0.2, -0.15) is 4.98 Å². The second-order valence-corrected chi connectivity index (χ2v) is 7.08. The molecular weight excluding hydrogens is 330 g/mol. The topological polar surface area (TPSA) is 42.2 Å². The molecule has 3 heterocycles. The molecule has 0 aliphatic carbocycles. The molecule has 1 aliphatic rings. The molecule has 1 fully saturated rings. The fourth-order valence-corrected chi connectivity index (χ4v) is 4.05. The lowest BCUT2D eigenvalue weighted by Crippen LogP contribution is -2.22. The van der Waals surface area contributed by atoms with Crippen molar-refractivity contribution in [2.24, 2.45) is 0 Å². The van der Waals surface area contributed by atoms with Gasteiger partial charge in [0.15, 0.2) is 0 Å². The summed E-state index contributed by atoms with van der Waals surface area (Å²) in [7, 11) is 0. The normalized spacial score (nSPS) is 18.6. The Bertz CT molecular complexity index is 770. The highest BCUT2D eigenvalue weighted by molar-refractivity contribution is 7.10. The first-order valence-electron chi connectivity index (χ1n) is 7.65. The zero-order valence-electron chi connectivity index (χ0n) is 12.5. The fourth-order valence-electron chi connectivity index (χ4n) is 3.03. The molecule has 1 aliphatic heterocycles. The van der Waals surface area contributed by atoms with Gasteiger partial charge in [0.2, 0.25) is 11.7 Å². The first-order chi connectivity index (χ1) is 11.3. The summed E-state index contributed by atoms with van der Waals surface area (Å²) in [6, 6.07) is 12.3. The van der Waals surface area contributed by atoms with Gasteiger partial charge in [-0.3, -0.25) is 4.90 Å². The van der Waals surface area contributed by atoms with Gasteiger partial charge in [-0.15, -0.1) is 11.3 Å². The van der Waals surface area contributed by atoms with Crippen molar-refractivity contribution in [1.29, 1.82) is 0 Å². The van der Waals surface area contributed by atoms with E-state index < -0.39 is 0 Å². The minimum absolute atomic E-state index is 0.473. The van der Waals surface area contributed by atoms with Crippen LogP contribution in [0.4, 0.5) is 0 Å². The Morgan fingerprint density at radius 2 is 2.13 bits per heavy atom. The zero-order chi connectivity index (χ0) is 15.6. The van der Waals surface area contributed by atoms with Crippen molar-refractivity contribution in [3.05, 3.63) is 57.6 Å². The van der Waals surface area contributed by atoms with Gasteiger partial charge in [0.05, 0.1) is 6.54 Å². The van der Waals surface area contributed by atoms with E-state index in [9.17, 15) is 0 Å². The van der Waals surface area contributed by atoms with Crippen LogP contribution in [0.25, 0.3) is 11.4 Å². The van der Waals surface area contributed by atoms with Crippen molar-refractivity contribution in [3.63, 3.8) is 0 Å². The van der Waals surface area contributed by atoms with Gasteiger partial charge in [0.1, 0.15) is 0 Å². The first-order valence-corrected chi connectivity index (χ1v) is 8.91. The van der Waals surface area contributed by atoms with Crippen molar-refractivity contribution in [2.45, 2.75) is 25.4 Å². The van der Waals surface area contributed by atoms with Crippen LogP contribution in [0.15, 0.2) is 46.3 Å². The maximum absolute atomic E-state index is 5.91. The molecular formula is C17H16ClN3OS. The van der Waals surface area contributed by atoms with E-state index in [4.69, 9.17) is 16.1 Å². The fraction of sp³-hybridized carbons (Fsp3) is 0.294. The smallest absolute Gasteiger partial charge is 0.241 e. The second-order valence-electron chi connectivity index (χ2n) is 5.66. The van der Waals surface area contributed by atoms with Crippen LogP contribution < -0.4 is 0 Å². The Labute approximate surface area is 143 Å². The number of hydrogen-bond acceptors (Lipinski definition) is 5. The van der Waals surface area contributed by atoms with E-state index in [2.05, 4.69) is 32.6 Å². The third kappa shape index (κ3) is 3.17. The maximum Gasteiger partial charge on any atom is 0.241 e. The number of hydrogen-bond donors (Lipinski definition) is 0. The lowest BCUT2D eigenvalue weighted by Gasteiger charge is -2.21. The minimum Gasteiger partial charge on any atom is -0.338 e. The van der Waals surface area contributed by atoms with E-state index in [1.807, 2.05) is 35.6 Å². The Balaban J connectivity index is 1.50. The number of rotatable bonds is 4. The largest absolute Gasteiger partial charge is 0.338 e. The lowest BCUT2D eigenvalue weighted by atomic mass is 10.2. The number of likely N-dealkylation sites (tertiary alicyclic amines) is 1. The van der Waals surface area contributed by atoms with Crippen LogP contribution >= 0.6 is 22.9 Å². The molecule has 4 rings (SSSR count). The minimum atomic E-state index is 0.473. The molecule has 23 heavy (non-hydrogen) atoms. The third-order valence-corrected chi connectivity index (χ3v) is 5.37. The summed E-state index contributed by atoms with van der Waals surface area (Å²) in [4.78, 5) is 8.37. The molecule has 1 saturated heterocycles. The van der Waals surface area contributed by atoms with Gasteiger partial charge < -0.3 is 4.52 Å². The average Bonchev–Trinajstić information content (AvgIpc) is 3.29. The van der Waals surface area contributed by atoms with E-state index >= 15 is 0 Å². The molecule has 0 bridgehead atoms. The summed E-state index contributed by atoms with van der Waals surface area (Å²) >= 11 is 7.73. The van der Waals surface area contributed by atoms with Crippen molar-refractivity contribution in [2.75, 3.05) is 6.54 Å². The molecule has 2 aromatic heterocycles. The molecule has 0 N–H and O–H groups in total. The van der Waals surface area contributed by atoms with E-state index in [0.717, 1.165) is 12.1 Å². The molecule has 3 aromatic rings. The average molecular weight is 346 g/mol. The van der Waals surface area contributed by atoms with Gasteiger partial charge in [-0.1, -0.05) is 22.8 Å². The van der Waals surface area contributed by atoms with Gasteiger partial charge in [0, 0.05) is 21.5 Å². The lowest BCUT2D eigenvalue weighted by molar-refractivity contribution is 0.214. The monoisotopic (exact) mass is 345 g/mol. The van der Waals surface area contributed by atoms with Crippen LogP contribution in [0.5, 0.6) is 0 Å². The molecule has 0 radical (unpaired) electrons. The number of nitrogens with zero attached hydrogens (tertiary/aromatic N) is 3. The van der Waals surface area contributed by atoms with E-state index in [-0.39, 0.29) is 0 Å². The number of halogens is 1. The van der Waals surface area contributed by atoms with Gasteiger partial charge in [-0.25, -0.2) is 0 Å². The van der Waals surface area contributed by atoms with Crippen LogP contribution in [0.2, 0.25) is 5.02 Å². The Morgan fingerprint density at radius 1 is 1.26 bits per heavy atom. The van der Waals surface area contributed by atoms with Crippen LogP contribution in [0, 0.1) is 0 Å². The van der Waals surface area contributed by atoms with Gasteiger partial charge in [-0.05, 0) is 55.1 Å². The van der Waals surface area contributed by atoms with Crippen LogP contribution in [0.3, 0.4) is 0 Å². The van der Waals surface area contributed by atoms with Crippen LogP contribution in [-0.4, -0.2) is 21.6 Å². The van der Waals surface area contributed by atoms with Crippen molar-refractivity contribution in [3.8, 4) is 11.4 Å². The van der Waals surface area contributed by atoms with Crippen molar-refractivity contribution in [1.82, 2.24) is 15.0 Å². The van der Waals surface area contributed by atoms with Crippen molar-refractivity contribution >= 4 is 22.9 Å². The van der Waals surface area contributed by atoms with Gasteiger partial charge in [0.25, 0.3) is 0 Å². The molecule has 4 nitrogen and oxygen atoms in total. The maximum atomic E-state index is 5.91. The predicted octanol–water partition coefficient (Wildman–Crippen LogP) is 4.79. The highest BCUT2D eigenvalue weighted by Crippen LogP contribution is 2.35. The molecule has 6 heteroatoms. The highest BCUT2D eigenvalue weighted by atomic mass is 35.5. The second kappa shape index (κ2) is 6.43. The number of benzene rings is 1. The van der Waals surface area contributed by atoms with E-state index in [1.54, 1.807) is 0 Å². The molecule has 1 aromatic carbocycles. The summed E-state index contributed by atoms with van der Waals surface area (Å²) in [6.07, 6.45) is 2.40. The molecule has 1 unspecified atom stereocenters. The summed E-state index contributed by atoms with van der Waals surface area (Å²) in [6.45, 7) is 1.77. The highest BCUT2D eigenvalue weighted by Gasteiger charge is 2.28. The molecule has 0 spiro atoms. The summed E-state index contributed by atoms with van der Waals surface area (Å²) in [5, 5.41) is 6.93. The number of thiophene rings is 1. The van der Waals surface area contributed by atoms with E-state index in [0.29, 0.717) is 29.3 Å². The summed E-state index contributed by atoms with van der Waals surface area (Å²) < 4.78 is 5.44. The summed E-state index contributed by atoms with van der Waals surface area (Å²) in [5.41, 5.74) is 0.917. The third-order valence-electron chi connectivity index (χ3n) is 4.14. The van der Waals surface area contributed by atoms with Crippen molar-refractivity contribution < 1.29 is 4.52 Å². The Hall–Kier alpha value is -1.69. The zero-order valence-corrected chi connectivity index (χ0v) is 14.1. The number of aromatic nitrogens is 2. The Kier molecular flexibility index (Phi) is 4.16. The molecule has 1 atom stereocenters. The quantitative estimate of drug-likeness (QED) is 0.681. The molecule has 0 saturated carbocycles.